The second-order valence-corrected chi connectivity index (χ2v) is 8.65. The Morgan fingerprint density at radius 3 is 2.48 bits per heavy atom. The molecule has 0 unspecified atom stereocenters. The fraction of sp³-hybridized carbons (Fsp3) is 0.238. The summed E-state index contributed by atoms with van der Waals surface area (Å²) >= 11 is 0. The lowest BCUT2D eigenvalue weighted by molar-refractivity contribution is -0.136. The van der Waals surface area contributed by atoms with Crippen molar-refractivity contribution in [2.75, 3.05) is 0 Å². The van der Waals surface area contributed by atoms with Gasteiger partial charge in [0, 0.05) is 18.0 Å². The van der Waals surface area contributed by atoms with E-state index in [0.717, 1.165) is 3.97 Å². The van der Waals surface area contributed by atoms with Gasteiger partial charge in [0.15, 0.2) is 0 Å². The molecule has 0 saturated heterocycles. The number of hydrogen-bond acceptors (Lipinski definition) is 5. The topological polar surface area (TPSA) is 109 Å². The van der Waals surface area contributed by atoms with Crippen molar-refractivity contribution < 1.29 is 23.1 Å². The zero-order chi connectivity index (χ0) is 21.2. The molecule has 7 nitrogen and oxygen atoms in total. The highest BCUT2D eigenvalue weighted by Crippen LogP contribution is 2.30. The standard InChI is InChI=1S/C21H20N2O5S/c1-14(2)28-17-6-9-20-19(11-17)16(5-10-21(24)25)13-23(20)29(26,27)18-7-3-15(12-22)4-8-18/h3-4,6-9,11,13-14H,5,10H2,1-2H3,(H,24,25). The van der Waals surface area contributed by atoms with Crippen molar-refractivity contribution in [1.29, 1.82) is 5.26 Å². The van der Waals surface area contributed by atoms with Crippen LogP contribution in [0.15, 0.2) is 53.6 Å². The molecule has 2 aromatic carbocycles. The maximum atomic E-state index is 13.2. The Hall–Kier alpha value is -3.31. The van der Waals surface area contributed by atoms with Crippen LogP contribution in [0.1, 0.15) is 31.4 Å². The minimum atomic E-state index is -3.93. The number of aromatic nitrogens is 1. The first-order chi connectivity index (χ1) is 13.7. The van der Waals surface area contributed by atoms with Crippen LogP contribution in [0.3, 0.4) is 0 Å². The molecule has 1 heterocycles. The van der Waals surface area contributed by atoms with E-state index in [1.165, 1.54) is 30.5 Å². The number of aryl methyl sites for hydroxylation is 1. The van der Waals surface area contributed by atoms with Crippen LogP contribution in [0.25, 0.3) is 10.9 Å². The molecular formula is C21H20N2O5S. The molecular weight excluding hydrogens is 392 g/mol. The van der Waals surface area contributed by atoms with Gasteiger partial charge < -0.3 is 9.84 Å². The van der Waals surface area contributed by atoms with Gasteiger partial charge in [-0.05, 0) is 68.3 Å². The summed E-state index contributed by atoms with van der Waals surface area (Å²) in [6.45, 7) is 3.77. The number of hydrogen-bond donors (Lipinski definition) is 1. The van der Waals surface area contributed by atoms with Crippen LogP contribution in [-0.4, -0.2) is 29.6 Å². The Morgan fingerprint density at radius 2 is 1.90 bits per heavy atom. The fourth-order valence-corrected chi connectivity index (χ4v) is 4.44. The SMILES string of the molecule is CC(C)Oc1ccc2c(c1)c(CCC(=O)O)cn2S(=O)(=O)c1ccc(C#N)cc1. The Morgan fingerprint density at radius 1 is 1.21 bits per heavy atom. The van der Waals surface area contributed by atoms with E-state index in [9.17, 15) is 13.2 Å². The maximum Gasteiger partial charge on any atom is 0.303 e. The lowest BCUT2D eigenvalue weighted by Gasteiger charge is -2.11. The Labute approximate surface area is 168 Å². The highest BCUT2D eigenvalue weighted by molar-refractivity contribution is 7.90. The lowest BCUT2D eigenvalue weighted by Crippen LogP contribution is -2.12. The molecule has 8 heteroatoms. The van der Waals surface area contributed by atoms with Crippen molar-refractivity contribution in [1.82, 2.24) is 3.97 Å². The molecule has 0 spiro atoms. The summed E-state index contributed by atoms with van der Waals surface area (Å²) in [5.41, 5.74) is 1.40. The van der Waals surface area contributed by atoms with Gasteiger partial charge in [-0.25, -0.2) is 12.4 Å². The zero-order valence-electron chi connectivity index (χ0n) is 16.0. The van der Waals surface area contributed by atoms with Crippen LogP contribution in [0.4, 0.5) is 0 Å². The fourth-order valence-electron chi connectivity index (χ4n) is 3.05. The van der Waals surface area contributed by atoms with Gasteiger partial charge in [0.05, 0.1) is 28.1 Å². The summed E-state index contributed by atoms with van der Waals surface area (Å²) in [5, 5.41) is 18.6. The quantitative estimate of drug-likeness (QED) is 0.635. The third kappa shape index (κ3) is 4.25. The van der Waals surface area contributed by atoms with Gasteiger partial charge in [-0.15, -0.1) is 0 Å². The van der Waals surface area contributed by atoms with E-state index in [-0.39, 0.29) is 23.8 Å². The second-order valence-electron chi connectivity index (χ2n) is 6.83. The predicted octanol–water partition coefficient (Wildman–Crippen LogP) is 3.55. The monoisotopic (exact) mass is 412 g/mol. The van der Waals surface area contributed by atoms with E-state index < -0.39 is 16.0 Å². The average molecular weight is 412 g/mol. The summed E-state index contributed by atoms with van der Waals surface area (Å²) in [5.74, 6) is -0.381. The molecule has 0 fully saturated rings. The first-order valence-electron chi connectivity index (χ1n) is 9.00. The molecule has 1 aromatic heterocycles. The number of aliphatic carboxylic acids is 1. The van der Waals surface area contributed by atoms with Crippen molar-refractivity contribution >= 4 is 26.9 Å². The smallest absolute Gasteiger partial charge is 0.303 e. The third-order valence-corrected chi connectivity index (χ3v) is 6.03. The van der Waals surface area contributed by atoms with Gasteiger partial charge in [-0.3, -0.25) is 4.79 Å². The number of carboxylic acid groups (broad SMARTS) is 1. The number of fused-ring (bicyclic) bond motifs is 1. The number of carbonyl (C=O) groups is 1. The normalized spacial score (nSPS) is 11.5. The van der Waals surface area contributed by atoms with Crippen LogP contribution in [0.2, 0.25) is 0 Å². The minimum Gasteiger partial charge on any atom is -0.491 e. The van der Waals surface area contributed by atoms with Gasteiger partial charge in [0.25, 0.3) is 10.0 Å². The Kier molecular flexibility index (Phi) is 5.62. The van der Waals surface area contributed by atoms with Crippen molar-refractivity contribution in [2.24, 2.45) is 0 Å². The molecule has 0 bridgehead atoms. The van der Waals surface area contributed by atoms with E-state index in [1.54, 1.807) is 18.2 Å². The largest absolute Gasteiger partial charge is 0.491 e. The van der Waals surface area contributed by atoms with Crippen molar-refractivity contribution in [3.8, 4) is 11.8 Å². The molecule has 3 rings (SSSR count). The molecule has 0 amide bonds. The molecule has 0 aliphatic rings. The number of carboxylic acids is 1. The lowest BCUT2D eigenvalue weighted by atomic mass is 10.1. The maximum absolute atomic E-state index is 13.2. The molecule has 150 valence electrons. The highest BCUT2D eigenvalue weighted by Gasteiger charge is 2.22. The summed E-state index contributed by atoms with van der Waals surface area (Å²) < 4.78 is 33.2. The molecule has 0 atom stereocenters. The molecule has 3 aromatic rings. The highest BCUT2D eigenvalue weighted by atomic mass is 32.2. The van der Waals surface area contributed by atoms with Gasteiger partial charge in [0.1, 0.15) is 5.75 Å². The van der Waals surface area contributed by atoms with Crippen LogP contribution in [0.5, 0.6) is 5.75 Å². The van der Waals surface area contributed by atoms with Crippen LogP contribution >= 0.6 is 0 Å². The third-order valence-electron chi connectivity index (χ3n) is 4.34. The van der Waals surface area contributed by atoms with E-state index in [2.05, 4.69) is 0 Å². The van der Waals surface area contributed by atoms with E-state index in [0.29, 0.717) is 27.8 Å². The number of nitrogens with zero attached hydrogens (tertiary/aromatic N) is 2. The van der Waals surface area contributed by atoms with E-state index >= 15 is 0 Å². The molecule has 1 N–H and O–H groups in total. The van der Waals surface area contributed by atoms with Gasteiger partial charge >= 0.3 is 5.97 Å². The van der Waals surface area contributed by atoms with Gasteiger partial charge in [-0.1, -0.05) is 0 Å². The summed E-state index contributed by atoms with van der Waals surface area (Å²) in [7, 11) is -3.93. The van der Waals surface area contributed by atoms with E-state index in [4.69, 9.17) is 15.1 Å². The first-order valence-corrected chi connectivity index (χ1v) is 10.4. The van der Waals surface area contributed by atoms with Gasteiger partial charge in [-0.2, -0.15) is 5.26 Å². The van der Waals surface area contributed by atoms with Gasteiger partial charge in [0.2, 0.25) is 0 Å². The number of rotatable bonds is 7. The molecule has 0 radical (unpaired) electrons. The Bertz CT molecular complexity index is 1200. The number of ether oxygens (including phenoxy) is 1. The van der Waals surface area contributed by atoms with Crippen molar-refractivity contribution in [3.63, 3.8) is 0 Å². The van der Waals surface area contributed by atoms with Crippen molar-refractivity contribution in [2.45, 2.75) is 37.7 Å². The second kappa shape index (κ2) is 7.97. The zero-order valence-corrected chi connectivity index (χ0v) is 16.8. The molecule has 0 aliphatic heterocycles. The summed E-state index contributed by atoms with van der Waals surface area (Å²) in [6.07, 6.45) is 1.47. The molecule has 0 aliphatic carbocycles. The summed E-state index contributed by atoms with van der Waals surface area (Å²) in [6, 6.07) is 12.7. The number of benzene rings is 2. The molecule has 29 heavy (non-hydrogen) atoms. The van der Waals surface area contributed by atoms with Crippen LogP contribution < -0.4 is 4.74 Å². The van der Waals surface area contributed by atoms with Crippen molar-refractivity contribution in [3.05, 3.63) is 59.8 Å². The minimum absolute atomic E-state index is 0.0423. The Balaban J connectivity index is 2.15. The first kappa shape index (κ1) is 20.4. The number of nitriles is 1. The predicted molar refractivity (Wildman–Crippen MR) is 107 cm³/mol. The van der Waals surface area contributed by atoms with Crippen LogP contribution in [0, 0.1) is 11.3 Å². The summed E-state index contributed by atoms with van der Waals surface area (Å²) in [4.78, 5) is 11.1. The molecule has 0 saturated carbocycles. The van der Waals surface area contributed by atoms with E-state index in [1.807, 2.05) is 19.9 Å². The average Bonchev–Trinajstić information content (AvgIpc) is 3.04. The van der Waals surface area contributed by atoms with Crippen LogP contribution in [-0.2, 0) is 21.2 Å².